The highest BCUT2D eigenvalue weighted by atomic mass is 16.2. The molecule has 2 heterocycles. The fraction of sp³-hybridized carbons (Fsp3) is 0.444. The SMILES string of the molecule is C[n+]1ccn(C(=O)N2CCNC(=O)C2)c1. The van der Waals surface area contributed by atoms with Crippen LogP contribution in [0.1, 0.15) is 0 Å². The van der Waals surface area contributed by atoms with Crippen LogP contribution in [0.5, 0.6) is 0 Å². The maximum absolute atomic E-state index is 11.9. The van der Waals surface area contributed by atoms with Crippen LogP contribution in [0.15, 0.2) is 18.7 Å². The van der Waals surface area contributed by atoms with E-state index in [-0.39, 0.29) is 18.5 Å². The van der Waals surface area contributed by atoms with Crippen molar-refractivity contribution in [3.05, 3.63) is 18.7 Å². The van der Waals surface area contributed by atoms with Crippen LogP contribution in [0.2, 0.25) is 0 Å². The minimum absolute atomic E-state index is 0.105. The monoisotopic (exact) mass is 209 g/mol. The van der Waals surface area contributed by atoms with Gasteiger partial charge in [-0.3, -0.25) is 9.69 Å². The van der Waals surface area contributed by atoms with E-state index in [2.05, 4.69) is 5.32 Å². The minimum Gasteiger partial charge on any atom is -0.353 e. The Bertz CT molecular complexity index is 399. The zero-order chi connectivity index (χ0) is 10.8. The molecule has 1 N–H and O–H groups in total. The molecule has 1 aromatic heterocycles. The van der Waals surface area contributed by atoms with Crippen molar-refractivity contribution >= 4 is 11.9 Å². The molecule has 1 aliphatic heterocycles. The number of carbonyl (C=O) groups is 2. The highest BCUT2D eigenvalue weighted by Crippen LogP contribution is 1.98. The number of amides is 2. The molecule has 0 spiro atoms. The topological polar surface area (TPSA) is 58.2 Å². The average Bonchev–Trinajstić information content (AvgIpc) is 2.64. The fourth-order valence-electron chi connectivity index (χ4n) is 1.53. The van der Waals surface area contributed by atoms with Crippen LogP contribution in [-0.4, -0.2) is 41.0 Å². The average molecular weight is 209 g/mol. The summed E-state index contributed by atoms with van der Waals surface area (Å²) >= 11 is 0. The molecule has 80 valence electrons. The molecule has 6 nitrogen and oxygen atoms in total. The Labute approximate surface area is 87.1 Å². The molecule has 1 aromatic rings. The quantitative estimate of drug-likeness (QED) is 0.541. The number of nitrogens with one attached hydrogen (secondary N) is 1. The van der Waals surface area contributed by atoms with Gasteiger partial charge in [0.15, 0.2) is 0 Å². The van der Waals surface area contributed by atoms with Crippen LogP contribution in [0.4, 0.5) is 4.79 Å². The lowest BCUT2D eigenvalue weighted by Gasteiger charge is -2.24. The lowest BCUT2D eigenvalue weighted by atomic mass is 10.4. The van der Waals surface area contributed by atoms with Gasteiger partial charge >= 0.3 is 6.03 Å². The van der Waals surface area contributed by atoms with Gasteiger partial charge in [0.25, 0.3) is 6.33 Å². The van der Waals surface area contributed by atoms with Crippen molar-refractivity contribution in [2.24, 2.45) is 7.05 Å². The Balaban J connectivity index is 2.10. The summed E-state index contributed by atoms with van der Waals surface area (Å²) in [5.74, 6) is -0.105. The van der Waals surface area contributed by atoms with E-state index in [0.717, 1.165) is 0 Å². The summed E-state index contributed by atoms with van der Waals surface area (Å²) in [5.41, 5.74) is 0. The minimum atomic E-state index is -0.162. The molecule has 6 heteroatoms. The van der Waals surface area contributed by atoms with Crippen LogP contribution in [0, 0.1) is 0 Å². The van der Waals surface area contributed by atoms with Crippen LogP contribution in [0.25, 0.3) is 0 Å². The highest BCUT2D eigenvalue weighted by Gasteiger charge is 2.25. The van der Waals surface area contributed by atoms with Crippen molar-refractivity contribution < 1.29 is 14.2 Å². The Morgan fingerprint density at radius 2 is 2.40 bits per heavy atom. The first-order chi connectivity index (χ1) is 7.16. The molecule has 0 unspecified atom stereocenters. The van der Waals surface area contributed by atoms with Crippen molar-refractivity contribution in [3.63, 3.8) is 0 Å². The van der Waals surface area contributed by atoms with Crippen LogP contribution < -0.4 is 9.88 Å². The van der Waals surface area contributed by atoms with Gasteiger partial charge in [0, 0.05) is 13.1 Å². The molecule has 1 saturated heterocycles. The number of aromatic nitrogens is 2. The molecule has 0 saturated carbocycles. The van der Waals surface area contributed by atoms with Crippen LogP contribution >= 0.6 is 0 Å². The van der Waals surface area contributed by atoms with E-state index < -0.39 is 0 Å². The van der Waals surface area contributed by atoms with Crippen molar-refractivity contribution in [2.45, 2.75) is 0 Å². The van der Waals surface area contributed by atoms with Crippen molar-refractivity contribution in [1.29, 1.82) is 0 Å². The molecular weight excluding hydrogens is 196 g/mol. The number of hydrogen-bond acceptors (Lipinski definition) is 2. The summed E-state index contributed by atoms with van der Waals surface area (Å²) < 4.78 is 3.25. The van der Waals surface area contributed by atoms with Crippen molar-refractivity contribution in [3.8, 4) is 0 Å². The number of rotatable bonds is 0. The maximum Gasteiger partial charge on any atom is 0.416 e. The van der Waals surface area contributed by atoms with Crippen LogP contribution in [0.3, 0.4) is 0 Å². The second-order valence-corrected chi connectivity index (χ2v) is 3.54. The smallest absolute Gasteiger partial charge is 0.353 e. The molecule has 0 atom stereocenters. The fourth-order valence-corrected chi connectivity index (χ4v) is 1.53. The van der Waals surface area contributed by atoms with E-state index in [9.17, 15) is 9.59 Å². The largest absolute Gasteiger partial charge is 0.416 e. The lowest BCUT2D eigenvalue weighted by molar-refractivity contribution is -0.670. The van der Waals surface area contributed by atoms with Crippen molar-refractivity contribution in [1.82, 2.24) is 14.8 Å². The van der Waals surface area contributed by atoms with Gasteiger partial charge in [-0.1, -0.05) is 0 Å². The van der Waals surface area contributed by atoms with Gasteiger partial charge in [0.1, 0.15) is 18.9 Å². The predicted molar refractivity (Wildman–Crippen MR) is 51.0 cm³/mol. The van der Waals surface area contributed by atoms with Gasteiger partial charge < -0.3 is 5.32 Å². The molecule has 0 aromatic carbocycles. The van der Waals surface area contributed by atoms with E-state index in [4.69, 9.17) is 0 Å². The second kappa shape index (κ2) is 3.72. The maximum atomic E-state index is 11.9. The summed E-state index contributed by atoms with van der Waals surface area (Å²) in [4.78, 5) is 24.5. The third kappa shape index (κ3) is 1.98. The predicted octanol–water partition coefficient (Wildman–Crippen LogP) is -1.29. The molecular formula is C9H13N4O2+. The molecule has 0 radical (unpaired) electrons. The number of hydrogen-bond donors (Lipinski definition) is 1. The zero-order valence-corrected chi connectivity index (χ0v) is 8.51. The Hall–Kier alpha value is -1.85. The third-order valence-corrected chi connectivity index (χ3v) is 2.30. The van der Waals surface area contributed by atoms with Gasteiger partial charge in [-0.25, -0.2) is 9.36 Å². The Morgan fingerprint density at radius 1 is 1.60 bits per heavy atom. The van der Waals surface area contributed by atoms with Crippen LogP contribution in [-0.2, 0) is 11.8 Å². The van der Waals surface area contributed by atoms with Gasteiger partial charge in [0.05, 0.1) is 7.05 Å². The lowest BCUT2D eigenvalue weighted by Crippen LogP contribution is -2.51. The van der Waals surface area contributed by atoms with E-state index >= 15 is 0 Å². The van der Waals surface area contributed by atoms with Gasteiger partial charge in [-0.15, -0.1) is 0 Å². The number of nitrogens with zero attached hydrogens (tertiary/aromatic N) is 3. The summed E-state index contributed by atoms with van der Waals surface area (Å²) in [5, 5.41) is 2.68. The standard InChI is InChI=1S/C9H12N4O2/c1-11-4-5-13(7-11)9(15)12-3-2-10-8(14)6-12/h4-5,7H,2-3,6H2,1H3/p+1. The first-order valence-electron chi connectivity index (χ1n) is 4.76. The Kier molecular flexibility index (Phi) is 2.40. The van der Waals surface area contributed by atoms with E-state index in [0.29, 0.717) is 13.1 Å². The van der Waals surface area contributed by atoms with Crippen molar-refractivity contribution in [2.75, 3.05) is 19.6 Å². The Morgan fingerprint density at radius 3 is 3.00 bits per heavy atom. The summed E-state index contributed by atoms with van der Waals surface area (Å²) in [7, 11) is 1.84. The number of imidazole rings is 1. The van der Waals surface area contributed by atoms with Gasteiger partial charge in [0.2, 0.25) is 5.91 Å². The van der Waals surface area contributed by atoms with Gasteiger partial charge in [-0.2, -0.15) is 4.57 Å². The molecule has 2 amide bonds. The van der Waals surface area contributed by atoms with E-state index in [1.165, 1.54) is 9.47 Å². The molecule has 1 fully saturated rings. The first-order valence-corrected chi connectivity index (χ1v) is 4.76. The summed E-state index contributed by atoms with van der Waals surface area (Å²) in [6.45, 7) is 1.23. The number of aryl methyl sites for hydroxylation is 1. The number of carbonyl (C=O) groups excluding carboxylic acids is 2. The molecule has 2 rings (SSSR count). The van der Waals surface area contributed by atoms with Gasteiger partial charge in [-0.05, 0) is 0 Å². The number of piperazine rings is 1. The molecule has 15 heavy (non-hydrogen) atoms. The highest BCUT2D eigenvalue weighted by molar-refractivity contribution is 5.85. The van der Waals surface area contributed by atoms with E-state index in [1.807, 2.05) is 7.05 Å². The first kappa shape index (κ1) is 9.70. The van der Waals surface area contributed by atoms with E-state index in [1.54, 1.807) is 23.3 Å². The summed E-state index contributed by atoms with van der Waals surface area (Å²) in [6.07, 6.45) is 5.13. The molecule has 0 aliphatic carbocycles. The molecule has 0 bridgehead atoms. The summed E-state index contributed by atoms with van der Waals surface area (Å²) in [6, 6.07) is -0.162. The second-order valence-electron chi connectivity index (χ2n) is 3.54. The third-order valence-electron chi connectivity index (χ3n) is 2.30. The zero-order valence-electron chi connectivity index (χ0n) is 8.51. The molecule has 1 aliphatic rings. The normalized spacial score (nSPS) is 16.3.